The highest BCUT2D eigenvalue weighted by molar-refractivity contribution is 6.36. The Labute approximate surface area is 184 Å². The number of nitrogens with two attached hydrogens (primary N) is 1. The maximum absolute atomic E-state index is 13.8. The van der Waals surface area contributed by atoms with Gasteiger partial charge in [0.1, 0.15) is 11.9 Å². The van der Waals surface area contributed by atoms with Crippen LogP contribution in [0.1, 0.15) is 29.7 Å². The van der Waals surface area contributed by atoms with Crippen LogP contribution in [0.3, 0.4) is 0 Å². The summed E-state index contributed by atoms with van der Waals surface area (Å²) >= 11 is 12.3. The van der Waals surface area contributed by atoms with Gasteiger partial charge in [-0.1, -0.05) is 35.3 Å². The van der Waals surface area contributed by atoms with Gasteiger partial charge >= 0.3 is 0 Å². The highest BCUT2D eigenvalue weighted by Gasteiger charge is 2.20. The number of anilines is 1. The Bertz CT molecular complexity index is 1060. The zero-order valence-corrected chi connectivity index (χ0v) is 17.8. The van der Waals surface area contributed by atoms with Crippen LogP contribution in [0.25, 0.3) is 11.1 Å². The second-order valence-electron chi connectivity index (χ2n) is 6.71. The Hall–Kier alpha value is -2.05. The molecule has 0 aliphatic carbocycles. The standard InChI is InChI=1S/C21H18Cl2FN3O.ClH/c1-11(19-16(22)4-5-17(24)20(19)23)28-18-7-15(10-27-21(18)25)12-2-3-13-8-26-9-14(13)6-12;/h2-7,10-11,26H,8-9H2,1H3,(H2,25,27);1H/t11-;/m1./s1. The van der Waals surface area contributed by atoms with Crippen molar-refractivity contribution in [1.29, 1.82) is 0 Å². The van der Waals surface area contributed by atoms with Crippen LogP contribution in [0, 0.1) is 5.82 Å². The zero-order chi connectivity index (χ0) is 19.8. The average molecular weight is 455 g/mol. The van der Waals surface area contributed by atoms with Crippen molar-refractivity contribution >= 4 is 41.4 Å². The third-order valence-electron chi connectivity index (χ3n) is 4.84. The van der Waals surface area contributed by atoms with E-state index < -0.39 is 11.9 Å². The number of benzene rings is 2. The fourth-order valence-corrected chi connectivity index (χ4v) is 4.02. The van der Waals surface area contributed by atoms with E-state index >= 15 is 0 Å². The Morgan fingerprint density at radius 3 is 2.66 bits per heavy atom. The summed E-state index contributed by atoms with van der Waals surface area (Å²) in [7, 11) is 0. The van der Waals surface area contributed by atoms with E-state index in [1.807, 2.05) is 12.1 Å². The van der Waals surface area contributed by atoms with Crippen LogP contribution in [-0.2, 0) is 13.1 Å². The molecule has 1 aliphatic heterocycles. The minimum absolute atomic E-state index is 0. The first kappa shape index (κ1) is 21.7. The van der Waals surface area contributed by atoms with E-state index in [-0.39, 0.29) is 23.2 Å². The topological polar surface area (TPSA) is 60.2 Å². The lowest BCUT2D eigenvalue weighted by atomic mass is 10.0. The van der Waals surface area contributed by atoms with Crippen LogP contribution < -0.4 is 15.8 Å². The molecular formula is C21H19Cl3FN3O. The van der Waals surface area contributed by atoms with E-state index in [0.29, 0.717) is 16.3 Å². The van der Waals surface area contributed by atoms with E-state index in [1.54, 1.807) is 13.1 Å². The van der Waals surface area contributed by atoms with Crippen LogP contribution in [0.2, 0.25) is 10.0 Å². The van der Waals surface area contributed by atoms with E-state index in [4.69, 9.17) is 33.7 Å². The first-order valence-corrected chi connectivity index (χ1v) is 9.58. The molecule has 4 nitrogen and oxygen atoms in total. The highest BCUT2D eigenvalue weighted by atomic mass is 35.5. The maximum atomic E-state index is 13.8. The number of fused-ring (bicyclic) bond motifs is 1. The predicted molar refractivity (Wildman–Crippen MR) is 117 cm³/mol. The van der Waals surface area contributed by atoms with Crippen LogP contribution in [0.5, 0.6) is 5.75 Å². The number of rotatable bonds is 4. The molecule has 2 heterocycles. The molecule has 0 saturated carbocycles. The third-order valence-corrected chi connectivity index (χ3v) is 5.56. The number of nitrogens with one attached hydrogen (secondary N) is 1. The van der Waals surface area contributed by atoms with Gasteiger partial charge in [-0.05, 0) is 47.9 Å². The van der Waals surface area contributed by atoms with E-state index in [2.05, 4.69) is 22.4 Å². The van der Waals surface area contributed by atoms with E-state index in [1.165, 1.54) is 23.3 Å². The van der Waals surface area contributed by atoms with Gasteiger partial charge in [0.2, 0.25) is 0 Å². The van der Waals surface area contributed by atoms with Crippen molar-refractivity contribution in [3.05, 3.63) is 75.1 Å². The SMILES string of the molecule is C[C@@H](Oc1cc(-c2ccc3c(c2)CNC3)cnc1N)c1c(Cl)ccc(F)c1Cl.Cl. The summed E-state index contributed by atoms with van der Waals surface area (Å²) < 4.78 is 19.8. The number of hydrogen-bond acceptors (Lipinski definition) is 4. The van der Waals surface area contributed by atoms with E-state index in [0.717, 1.165) is 24.2 Å². The van der Waals surface area contributed by atoms with Crippen molar-refractivity contribution in [2.75, 3.05) is 5.73 Å². The van der Waals surface area contributed by atoms with Crippen molar-refractivity contribution in [2.24, 2.45) is 0 Å². The molecule has 3 aromatic rings. The number of nitrogen functional groups attached to an aromatic ring is 1. The Morgan fingerprint density at radius 2 is 1.86 bits per heavy atom. The number of ether oxygens (including phenoxy) is 1. The van der Waals surface area contributed by atoms with Crippen molar-refractivity contribution in [3.63, 3.8) is 0 Å². The van der Waals surface area contributed by atoms with Crippen LogP contribution in [0.4, 0.5) is 10.2 Å². The number of pyridine rings is 1. The van der Waals surface area contributed by atoms with Gasteiger partial charge in [-0.2, -0.15) is 0 Å². The van der Waals surface area contributed by atoms with Crippen LogP contribution in [-0.4, -0.2) is 4.98 Å². The molecule has 0 amide bonds. The Balaban J connectivity index is 0.00000240. The first-order chi connectivity index (χ1) is 13.4. The monoisotopic (exact) mass is 453 g/mol. The summed E-state index contributed by atoms with van der Waals surface area (Å²) in [6.45, 7) is 3.47. The predicted octanol–water partition coefficient (Wildman–Crippen LogP) is 5.94. The van der Waals surface area contributed by atoms with E-state index in [9.17, 15) is 4.39 Å². The molecule has 0 fully saturated rings. The number of hydrogen-bond donors (Lipinski definition) is 2. The summed E-state index contributed by atoms with van der Waals surface area (Å²) in [6.07, 6.45) is 1.10. The highest BCUT2D eigenvalue weighted by Crippen LogP contribution is 2.37. The van der Waals surface area contributed by atoms with Crippen molar-refractivity contribution in [1.82, 2.24) is 10.3 Å². The molecule has 1 atom stereocenters. The van der Waals surface area contributed by atoms with Crippen LogP contribution in [0.15, 0.2) is 42.6 Å². The van der Waals surface area contributed by atoms with Crippen LogP contribution >= 0.6 is 35.6 Å². The smallest absolute Gasteiger partial charge is 0.166 e. The number of nitrogens with zero attached hydrogens (tertiary/aromatic N) is 1. The maximum Gasteiger partial charge on any atom is 0.166 e. The molecule has 4 rings (SSSR count). The number of aromatic nitrogens is 1. The van der Waals surface area contributed by atoms with Gasteiger partial charge in [-0.25, -0.2) is 9.37 Å². The van der Waals surface area contributed by atoms with Gasteiger partial charge < -0.3 is 15.8 Å². The first-order valence-electron chi connectivity index (χ1n) is 8.82. The fourth-order valence-electron chi connectivity index (χ4n) is 3.35. The van der Waals surface area contributed by atoms with Crippen molar-refractivity contribution in [2.45, 2.75) is 26.1 Å². The largest absolute Gasteiger partial charge is 0.482 e. The average Bonchev–Trinajstić information content (AvgIpc) is 3.14. The lowest BCUT2D eigenvalue weighted by Gasteiger charge is -2.19. The molecule has 0 bridgehead atoms. The second-order valence-corrected chi connectivity index (χ2v) is 7.50. The van der Waals surface area contributed by atoms with Crippen molar-refractivity contribution in [3.8, 4) is 16.9 Å². The molecule has 0 radical (unpaired) electrons. The molecule has 152 valence electrons. The molecule has 29 heavy (non-hydrogen) atoms. The fraction of sp³-hybridized carbons (Fsp3) is 0.190. The molecule has 0 saturated heterocycles. The number of halogens is 4. The Kier molecular flexibility index (Phi) is 6.54. The van der Waals surface area contributed by atoms with Gasteiger partial charge in [0, 0.05) is 35.4 Å². The molecule has 3 N–H and O–H groups in total. The lowest BCUT2D eigenvalue weighted by Crippen LogP contribution is -2.08. The van der Waals surface area contributed by atoms with Gasteiger partial charge in [-0.3, -0.25) is 0 Å². The van der Waals surface area contributed by atoms with Gasteiger partial charge in [0.15, 0.2) is 11.6 Å². The summed E-state index contributed by atoms with van der Waals surface area (Å²) in [5.41, 5.74) is 10.8. The van der Waals surface area contributed by atoms with Gasteiger partial charge in [-0.15, -0.1) is 12.4 Å². The molecule has 0 spiro atoms. The summed E-state index contributed by atoms with van der Waals surface area (Å²) in [5, 5.41) is 3.60. The second kappa shape index (κ2) is 8.76. The third kappa shape index (κ3) is 4.28. The summed E-state index contributed by atoms with van der Waals surface area (Å²) in [5.74, 6) is 0.0743. The molecule has 2 aromatic carbocycles. The lowest BCUT2D eigenvalue weighted by molar-refractivity contribution is 0.227. The molecular weight excluding hydrogens is 436 g/mol. The molecule has 1 aliphatic rings. The molecule has 1 aromatic heterocycles. The normalized spacial score (nSPS) is 13.5. The molecule has 8 heteroatoms. The minimum Gasteiger partial charge on any atom is -0.482 e. The van der Waals surface area contributed by atoms with Gasteiger partial charge in [0.05, 0.1) is 5.02 Å². The molecule has 0 unspecified atom stereocenters. The quantitative estimate of drug-likeness (QED) is 0.479. The van der Waals surface area contributed by atoms with Crippen molar-refractivity contribution < 1.29 is 9.13 Å². The zero-order valence-electron chi connectivity index (χ0n) is 15.5. The summed E-state index contributed by atoms with van der Waals surface area (Å²) in [6, 6.07) is 10.8. The van der Waals surface area contributed by atoms with Gasteiger partial charge in [0.25, 0.3) is 0 Å². The Morgan fingerprint density at radius 1 is 1.10 bits per heavy atom. The summed E-state index contributed by atoms with van der Waals surface area (Å²) in [4.78, 5) is 4.26. The minimum atomic E-state index is -0.612.